The minimum Gasteiger partial charge on any atom is -0.394 e. The van der Waals surface area contributed by atoms with Crippen molar-refractivity contribution in [3.05, 3.63) is 48.0 Å². The zero-order valence-electron chi connectivity index (χ0n) is 15.5. The molecule has 10 nitrogen and oxygen atoms in total. The highest BCUT2D eigenvalue weighted by molar-refractivity contribution is 8.14. The van der Waals surface area contributed by atoms with Gasteiger partial charge in [0, 0.05) is 6.42 Å². The van der Waals surface area contributed by atoms with Crippen LogP contribution in [0.3, 0.4) is 0 Å². The summed E-state index contributed by atoms with van der Waals surface area (Å²) in [6.07, 6.45) is -5.78. The van der Waals surface area contributed by atoms with E-state index < -0.39 is 46.9 Å². The van der Waals surface area contributed by atoms with Crippen LogP contribution in [0.5, 0.6) is 0 Å². The summed E-state index contributed by atoms with van der Waals surface area (Å²) in [6.45, 7) is -0.612. The SMILES string of the molecule is O=S(=O)(O)O/N=C(/Cc1cccc2ccccc12)S[C@@H]1O[C@H](CO)[C@@H](O)[C@H](O)[C@H]1O. The number of hydrogen-bond acceptors (Lipinski definition) is 10. The molecule has 0 aromatic heterocycles. The van der Waals surface area contributed by atoms with Crippen molar-refractivity contribution in [3.8, 4) is 0 Å². The molecule has 0 saturated carbocycles. The third-order valence-electron chi connectivity index (χ3n) is 4.56. The normalized spacial score (nSPS) is 27.9. The molecule has 1 saturated heterocycles. The summed E-state index contributed by atoms with van der Waals surface area (Å²) < 4.78 is 40.4. The molecule has 30 heavy (non-hydrogen) atoms. The van der Waals surface area contributed by atoms with Gasteiger partial charge in [0.2, 0.25) is 0 Å². The van der Waals surface area contributed by atoms with E-state index >= 15 is 0 Å². The first-order chi connectivity index (χ1) is 14.2. The number of aliphatic hydroxyl groups excluding tert-OH is 4. The molecule has 0 spiro atoms. The maximum Gasteiger partial charge on any atom is 0.466 e. The molecule has 0 radical (unpaired) electrons. The van der Waals surface area contributed by atoms with Crippen LogP contribution in [-0.2, 0) is 25.8 Å². The fourth-order valence-electron chi connectivity index (χ4n) is 3.09. The lowest BCUT2D eigenvalue weighted by Crippen LogP contribution is -2.57. The van der Waals surface area contributed by atoms with Crippen LogP contribution in [0, 0.1) is 0 Å². The van der Waals surface area contributed by atoms with Crippen LogP contribution in [0.15, 0.2) is 47.6 Å². The quantitative estimate of drug-likeness (QED) is 0.172. The van der Waals surface area contributed by atoms with Crippen LogP contribution in [0.4, 0.5) is 0 Å². The van der Waals surface area contributed by atoms with Gasteiger partial charge in [-0.3, -0.25) is 4.55 Å². The molecular formula is C18H21NO9S2. The Labute approximate surface area is 176 Å². The van der Waals surface area contributed by atoms with E-state index in [1.807, 2.05) is 30.3 Å². The van der Waals surface area contributed by atoms with Gasteiger partial charge in [-0.25, -0.2) is 4.28 Å². The highest BCUT2D eigenvalue weighted by atomic mass is 32.3. The predicted octanol–water partition coefficient (Wildman–Crippen LogP) is 0.0483. The van der Waals surface area contributed by atoms with E-state index in [2.05, 4.69) is 9.44 Å². The lowest BCUT2D eigenvalue weighted by Gasteiger charge is -2.39. The van der Waals surface area contributed by atoms with Gasteiger partial charge in [-0.2, -0.15) is 8.42 Å². The minimum atomic E-state index is -4.88. The summed E-state index contributed by atoms with van der Waals surface area (Å²) in [7, 11) is -4.88. The zero-order valence-corrected chi connectivity index (χ0v) is 17.1. The standard InChI is InChI=1S/C18H21NO9S2/c20-9-13-15(21)16(22)17(23)18(27-13)29-14(19-28-30(24,25)26)8-11-6-3-5-10-4-1-2-7-12(10)11/h1-7,13,15-18,20-23H,8-9H2,(H,24,25,26)/b19-14-/t13-,15-,16+,17-,18+/m1/s1. The average molecular weight is 459 g/mol. The first-order valence-corrected chi connectivity index (χ1v) is 11.1. The molecule has 12 heteroatoms. The molecule has 1 heterocycles. The van der Waals surface area contributed by atoms with E-state index in [4.69, 9.17) is 9.29 Å². The Bertz CT molecular complexity index is 1010. The minimum absolute atomic E-state index is 0.00769. The van der Waals surface area contributed by atoms with Crippen LogP contribution in [0.25, 0.3) is 10.8 Å². The van der Waals surface area contributed by atoms with Gasteiger partial charge in [-0.15, -0.1) is 0 Å². The number of ether oxygens (including phenoxy) is 1. The van der Waals surface area contributed by atoms with Gasteiger partial charge in [0.15, 0.2) is 0 Å². The second-order valence-electron chi connectivity index (χ2n) is 6.62. The maximum absolute atomic E-state index is 11.0. The van der Waals surface area contributed by atoms with Crippen LogP contribution < -0.4 is 0 Å². The number of oxime groups is 1. The lowest BCUT2D eigenvalue weighted by atomic mass is 10.0. The van der Waals surface area contributed by atoms with Crippen molar-refractivity contribution < 1.29 is 42.4 Å². The molecule has 5 N–H and O–H groups in total. The number of nitrogens with zero attached hydrogens (tertiary/aromatic N) is 1. The molecule has 0 bridgehead atoms. The molecule has 164 valence electrons. The molecule has 1 aliphatic rings. The van der Waals surface area contributed by atoms with Gasteiger partial charge in [0.25, 0.3) is 0 Å². The summed E-state index contributed by atoms with van der Waals surface area (Å²) in [5.41, 5.74) is -0.442. The van der Waals surface area contributed by atoms with Crippen molar-refractivity contribution in [1.29, 1.82) is 0 Å². The van der Waals surface area contributed by atoms with Crippen LogP contribution >= 0.6 is 11.8 Å². The molecule has 5 atom stereocenters. The van der Waals surface area contributed by atoms with Gasteiger partial charge in [0.1, 0.15) is 34.9 Å². The second kappa shape index (κ2) is 9.58. The molecular weight excluding hydrogens is 438 g/mol. The molecule has 2 aromatic carbocycles. The topological polar surface area (TPSA) is 166 Å². The molecule has 0 amide bonds. The van der Waals surface area contributed by atoms with E-state index in [1.165, 1.54) is 0 Å². The molecule has 1 aliphatic heterocycles. The van der Waals surface area contributed by atoms with E-state index in [0.29, 0.717) is 0 Å². The fraction of sp³-hybridized carbons (Fsp3) is 0.389. The van der Waals surface area contributed by atoms with E-state index in [1.54, 1.807) is 12.1 Å². The molecule has 2 aromatic rings. The molecule has 0 aliphatic carbocycles. The summed E-state index contributed by atoms with van der Waals surface area (Å²) in [5.74, 6) is 0. The van der Waals surface area contributed by atoms with E-state index in [9.17, 15) is 28.8 Å². The van der Waals surface area contributed by atoms with Gasteiger partial charge < -0.3 is 25.2 Å². The van der Waals surface area contributed by atoms with E-state index in [-0.39, 0.29) is 11.5 Å². The van der Waals surface area contributed by atoms with Crippen molar-refractivity contribution in [2.24, 2.45) is 5.16 Å². The zero-order chi connectivity index (χ0) is 21.9. The van der Waals surface area contributed by atoms with Crippen molar-refractivity contribution in [1.82, 2.24) is 0 Å². The van der Waals surface area contributed by atoms with Crippen LogP contribution in [0.2, 0.25) is 0 Å². The Hall–Kier alpha value is -1.77. The summed E-state index contributed by atoms with van der Waals surface area (Å²) in [5, 5.41) is 44.7. The molecule has 3 rings (SSSR count). The van der Waals surface area contributed by atoms with Gasteiger partial charge in [0.05, 0.1) is 6.61 Å². The van der Waals surface area contributed by atoms with Crippen molar-refractivity contribution in [2.75, 3.05) is 6.61 Å². The van der Waals surface area contributed by atoms with Gasteiger partial charge in [-0.1, -0.05) is 59.4 Å². The number of hydrogen-bond donors (Lipinski definition) is 5. The fourth-order valence-corrected chi connectivity index (χ4v) is 4.41. The summed E-state index contributed by atoms with van der Waals surface area (Å²) in [4.78, 5) is 0. The van der Waals surface area contributed by atoms with E-state index in [0.717, 1.165) is 28.1 Å². The highest BCUT2D eigenvalue weighted by Crippen LogP contribution is 2.31. The third kappa shape index (κ3) is 5.47. The highest BCUT2D eigenvalue weighted by Gasteiger charge is 2.44. The van der Waals surface area contributed by atoms with Crippen molar-refractivity contribution in [3.63, 3.8) is 0 Å². The number of benzene rings is 2. The smallest absolute Gasteiger partial charge is 0.394 e. The summed E-state index contributed by atoms with van der Waals surface area (Å²) in [6, 6.07) is 13.0. The first kappa shape index (κ1) is 22.9. The molecule has 1 fully saturated rings. The largest absolute Gasteiger partial charge is 0.466 e. The van der Waals surface area contributed by atoms with Crippen molar-refractivity contribution >= 4 is 38.0 Å². The van der Waals surface area contributed by atoms with Gasteiger partial charge in [-0.05, 0) is 16.3 Å². The Morgan fingerprint density at radius 1 is 1.07 bits per heavy atom. The number of aliphatic hydroxyl groups is 4. The maximum atomic E-state index is 11.0. The Balaban J connectivity index is 1.89. The Morgan fingerprint density at radius 3 is 2.47 bits per heavy atom. The van der Waals surface area contributed by atoms with Crippen LogP contribution in [-0.4, -0.2) is 74.9 Å². The first-order valence-electron chi connectivity index (χ1n) is 8.86. The third-order valence-corrected chi connectivity index (χ3v) is 5.93. The summed E-state index contributed by atoms with van der Waals surface area (Å²) >= 11 is 0.738. The second-order valence-corrected chi connectivity index (χ2v) is 8.79. The predicted molar refractivity (Wildman–Crippen MR) is 109 cm³/mol. The Kier molecular flexibility index (Phi) is 7.31. The lowest BCUT2D eigenvalue weighted by molar-refractivity contribution is -0.205. The Morgan fingerprint density at radius 2 is 1.77 bits per heavy atom. The number of fused-ring (bicyclic) bond motifs is 1. The average Bonchev–Trinajstić information content (AvgIpc) is 2.72. The van der Waals surface area contributed by atoms with Gasteiger partial charge >= 0.3 is 10.4 Å². The number of rotatable bonds is 6. The van der Waals surface area contributed by atoms with Crippen molar-refractivity contribution in [2.45, 2.75) is 36.3 Å². The molecule has 0 unspecified atom stereocenters. The number of thioether (sulfide) groups is 1. The monoisotopic (exact) mass is 459 g/mol. The van der Waals surface area contributed by atoms with Crippen LogP contribution in [0.1, 0.15) is 5.56 Å².